The molecule has 0 fully saturated rings. The lowest BCUT2D eigenvalue weighted by Gasteiger charge is -2.09. The average Bonchev–Trinajstić information content (AvgIpc) is 3.86. The quantitative estimate of drug-likeness (QED) is 0.0615. The number of nitrogens with zero attached hydrogens (tertiary/aromatic N) is 4. The van der Waals surface area contributed by atoms with Crippen molar-refractivity contribution in [3.05, 3.63) is 89.9 Å². The highest BCUT2D eigenvalue weighted by molar-refractivity contribution is 5.77. The van der Waals surface area contributed by atoms with Gasteiger partial charge in [0, 0.05) is 41.0 Å². The first kappa shape index (κ1) is 30.8. The van der Waals surface area contributed by atoms with Crippen molar-refractivity contribution in [2.45, 2.75) is 58.3 Å². The number of aromatic nitrogens is 6. The van der Waals surface area contributed by atoms with E-state index in [4.69, 9.17) is 0 Å². The minimum absolute atomic E-state index is 0.675. The van der Waals surface area contributed by atoms with E-state index < -0.39 is 0 Å². The zero-order valence-electron chi connectivity index (χ0n) is 25.3. The Morgan fingerprint density at radius 1 is 0.591 bits per heavy atom. The van der Waals surface area contributed by atoms with Gasteiger partial charge < -0.3 is 9.97 Å². The molecule has 10 heteroatoms. The van der Waals surface area contributed by atoms with Crippen molar-refractivity contribution in [1.29, 1.82) is 0 Å². The van der Waals surface area contributed by atoms with Gasteiger partial charge in [-0.2, -0.15) is 11.1 Å². The molecule has 6 rings (SSSR count). The molecule has 0 unspecified atom stereocenters. The van der Waals surface area contributed by atoms with Crippen molar-refractivity contribution >= 4 is 52.2 Å². The van der Waals surface area contributed by atoms with E-state index in [9.17, 15) is 0 Å². The summed E-state index contributed by atoms with van der Waals surface area (Å²) < 4.78 is 0. The van der Waals surface area contributed by atoms with Crippen molar-refractivity contribution in [2.24, 2.45) is 0 Å². The van der Waals surface area contributed by atoms with Crippen LogP contribution in [0, 0.1) is 0 Å². The molecule has 2 aliphatic rings. The maximum Gasteiger partial charge on any atom is 0.159 e. The number of fused-ring (bicyclic) bond motifs is 8. The van der Waals surface area contributed by atoms with E-state index in [2.05, 4.69) is 89.1 Å². The molecule has 4 aromatic rings. The number of hydrogen-bond donors (Lipinski definition) is 6. The second kappa shape index (κ2) is 16.9. The van der Waals surface area contributed by atoms with Crippen LogP contribution in [0.5, 0.6) is 0 Å². The van der Waals surface area contributed by atoms with Crippen LogP contribution in [0.15, 0.2) is 67.1 Å². The fourth-order valence-corrected chi connectivity index (χ4v) is 4.86. The Morgan fingerprint density at radius 2 is 1.14 bits per heavy atom. The van der Waals surface area contributed by atoms with E-state index in [1.54, 1.807) is 18.6 Å². The fraction of sp³-hybridized carbons (Fsp3) is 0.294. The highest BCUT2D eigenvalue weighted by Crippen LogP contribution is 2.17. The molecular weight excluding hydrogens is 548 g/mol. The Labute approximate surface area is 258 Å². The molecule has 0 radical (unpaired) electrons. The van der Waals surface area contributed by atoms with Crippen LogP contribution in [0.4, 0.5) is 5.82 Å². The van der Waals surface area contributed by atoms with E-state index in [1.807, 2.05) is 42.5 Å². The number of H-pyrrole nitrogens is 2. The molecule has 0 spiro atoms. The SMILES string of the molecule is C1=Cc2cc3ccc(cc4ccc(cc5nc(cc1n2)C=C5)[nH]4)[nH]3.CCCCCCCCCCNNNNc1cnccn1. The molecule has 8 bridgehead atoms. The molecule has 0 atom stereocenters. The maximum atomic E-state index is 4.62. The number of nitrogens with one attached hydrogen (secondary N) is 6. The Hall–Kier alpha value is -4.64. The molecule has 6 heterocycles. The van der Waals surface area contributed by atoms with Gasteiger partial charge in [0.25, 0.3) is 0 Å². The smallest absolute Gasteiger partial charge is 0.159 e. The van der Waals surface area contributed by atoms with Crippen molar-refractivity contribution in [3.8, 4) is 0 Å². The summed E-state index contributed by atoms with van der Waals surface area (Å²) >= 11 is 0. The maximum absolute atomic E-state index is 4.62. The van der Waals surface area contributed by atoms with Crippen LogP contribution in [-0.4, -0.2) is 36.4 Å². The Morgan fingerprint density at radius 3 is 1.70 bits per heavy atom. The summed E-state index contributed by atoms with van der Waals surface area (Å²) in [5.41, 5.74) is 19.5. The second-order valence-electron chi connectivity index (χ2n) is 10.8. The van der Waals surface area contributed by atoms with E-state index in [1.165, 1.54) is 51.4 Å². The molecule has 2 aliphatic heterocycles. The lowest BCUT2D eigenvalue weighted by Crippen LogP contribution is -2.46. The van der Waals surface area contributed by atoms with Crippen molar-refractivity contribution in [1.82, 2.24) is 46.4 Å². The molecule has 6 N–H and O–H groups in total. The second-order valence-corrected chi connectivity index (χ2v) is 10.8. The number of unbranched alkanes of at least 4 members (excludes halogenated alkanes) is 7. The minimum atomic E-state index is 0.675. The third-order valence-corrected chi connectivity index (χ3v) is 7.10. The summed E-state index contributed by atoms with van der Waals surface area (Å²) in [5.74, 6) is 0.675. The highest BCUT2D eigenvalue weighted by atomic mass is 15.7. The van der Waals surface area contributed by atoms with Gasteiger partial charge in [-0.25, -0.2) is 20.4 Å². The van der Waals surface area contributed by atoms with Crippen LogP contribution in [-0.2, 0) is 0 Å². The Bertz CT molecular complexity index is 1580. The first-order valence-electron chi connectivity index (χ1n) is 15.5. The molecule has 0 saturated carbocycles. The summed E-state index contributed by atoms with van der Waals surface area (Å²) in [6.07, 6.45) is 23.7. The predicted molar refractivity (Wildman–Crippen MR) is 181 cm³/mol. The largest absolute Gasteiger partial charge is 0.355 e. The number of aromatic amines is 2. The van der Waals surface area contributed by atoms with Crippen LogP contribution in [0.2, 0.25) is 0 Å². The standard InChI is InChI=1S/C20H14N4.C14H28N6/c1-2-14-10-16-5-6-18(23-16)12-20-8-7-19(24-20)11-17-4-3-15(22-17)9-13(1)21-14;1-2-3-4-5-6-7-8-9-10-17-19-20-18-14-13-15-11-12-16-14/h1-12,21-22H;11-13,17,19-20H,2-10H2,1H3,(H,16,18). The predicted octanol–water partition coefficient (Wildman–Crippen LogP) is 7.20. The van der Waals surface area contributed by atoms with Crippen molar-refractivity contribution < 1.29 is 0 Å². The summed E-state index contributed by atoms with van der Waals surface area (Å²) in [6, 6.07) is 16.4. The van der Waals surface area contributed by atoms with Gasteiger partial charge in [-0.05, 0) is 79.3 Å². The van der Waals surface area contributed by atoms with Crippen molar-refractivity contribution in [2.75, 3.05) is 12.0 Å². The van der Waals surface area contributed by atoms with Gasteiger partial charge in [0.1, 0.15) is 0 Å². The molecule has 0 amide bonds. The number of hydrazine groups is 3. The lowest BCUT2D eigenvalue weighted by molar-refractivity contribution is 0.449. The third kappa shape index (κ3) is 10.3. The fourth-order valence-electron chi connectivity index (χ4n) is 4.86. The zero-order chi connectivity index (χ0) is 30.2. The summed E-state index contributed by atoms with van der Waals surface area (Å²) in [6.45, 7) is 3.20. The van der Waals surface area contributed by atoms with Gasteiger partial charge in [-0.3, -0.25) is 10.4 Å². The summed E-state index contributed by atoms with van der Waals surface area (Å²) in [7, 11) is 0. The van der Waals surface area contributed by atoms with Gasteiger partial charge in [0.05, 0.1) is 29.0 Å². The van der Waals surface area contributed by atoms with Gasteiger partial charge in [0.2, 0.25) is 0 Å². The molecule has 4 aromatic heterocycles. The normalized spacial score (nSPS) is 11.8. The summed E-state index contributed by atoms with van der Waals surface area (Å²) in [4.78, 5) is 24.0. The van der Waals surface area contributed by atoms with Gasteiger partial charge in [0.15, 0.2) is 5.82 Å². The first-order valence-corrected chi connectivity index (χ1v) is 15.5. The highest BCUT2D eigenvalue weighted by Gasteiger charge is 2.02. The monoisotopic (exact) mass is 590 g/mol. The van der Waals surface area contributed by atoms with E-state index in [-0.39, 0.29) is 0 Å². The molecule has 44 heavy (non-hydrogen) atoms. The molecule has 10 nitrogen and oxygen atoms in total. The topological polar surface area (TPSA) is 131 Å². The van der Waals surface area contributed by atoms with Gasteiger partial charge in [-0.1, -0.05) is 51.9 Å². The first-order chi connectivity index (χ1) is 21.7. The minimum Gasteiger partial charge on any atom is -0.355 e. The van der Waals surface area contributed by atoms with Gasteiger partial charge in [-0.15, -0.1) is 0 Å². The number of anilines is 1. The Kier molecular flexibility index (Phi) is 11.8. The Balaban J connectivity index is 0.000000179. The van der Waals surface area contributed by atoms with E-state index in [0.29, 0.717) is 5.82 Å². The van der Waals surface area contributed by atoms with Crippen LogP contribution in [0.1, 0.15) is 81.1 Å². The lowest BCUT2D eigenvalue weighted by atomic mass is 10.1. The zero-order valence-corrected chi connectivity index (χ0v) is 25.3. The van der Waals surface area contributed by atoms with Crippen LogP contribution in [0.25, 0.3) is 46.4 Å². The molecule has 0 saturated heterocycles. The average molecular weight is 591 g/mol. The van der Waals surface area contributed by atoms with Crippen LogP contribution >= 0.6 is 0 Å². The molecular formula is C34H42N10. The molecule has 0 aliphatic carbocycles. The van der Waals surface area contributed by atoms with E-state index in [0.717, 1.165) is 51.4 Å². The number of rotatable bonds is 13. The number of hydrogen-bond acceptors (Lipinski definition) is 8. The molecule has 228 valence electrons. The van der Waals surface area contributed by atoms with Gasteiger partial charge >= 0.3 is 0 Å². The molecule has 0 aromatic carbocycles. The third-order valence-electron chi connectivity index (χ3n) is 7.10. The van der Waals surface area contributed by atoms with Crippen LogP contribution < -0.4 is 21.9 Å². The van der Waals surface area contributed by atoms with E-state index >= 15 is 0 Å². The van der Waals surface area contributed by atoms with Crippen molar-refractivity contribution in [3.63, 3.8) is 0 Å². The van der Waals surface area contributed by atoms with Crippen LogP contribution in [0.3, 0.4) is 0 Å². The summed E-state index contributed by atoms with van der Waals surface area (Å²) in [5, 5.41) is 0.